The molecular weight excluding hydrogens is 404 g/mol. The lowest BCUT2D eigenvalue weighted by atomic mass is 10.2. The van der Waals surface area contributed by atoms with Crippen molar-refractivity contribution < 1.29 is 9.72 Å². The normalized spacial score (nSPS) is 10.8. The highest BCUT2D eigenvalue weighted by molar-refractivity contribution is 7.99. The number of hydrogen-bond acceptors (Lipinski definition) is 6. The first kappa shape index (κ1) is 19.8. The number of nitro groups is 1. The average molecular weight is 419 g/mol. The zero-order valence-corrected chi connectivity index (χ0v) is 16.3. The summed E-state index contributed by atoms with van der Waals surface area (Å²) in [5, 5.41) is 14.6. The molecule has 1 aromatic heterocycles. The molecule has 0 fully saturated rings. The minimum Gasteiger partial charge on any atom is -0.324 e. The van der Waals surface area contributed by atoms with Gasteiger partial charge in [0.1, 0.15) is 0 Å². The molecule has 0 aliphatic heterocycles. The van der Waals surface area contributed by atoms with Gasteiger partial charge in [0.2, 0.25) is 5.91 Å². The number of anilines is 1. The Labute approximate surface area is 168 Å². The van der Waals surface area contributed by atoms with Crippen LogP contribution in [0.1, 0.15) is 6.92 Å². The number of rotatable bonds is 6. The van der Waals surface area contributed by atoms with Gasteiger partial charge in [-0.1, -0.05) is 35.5 Å². The number of halogens is 1. The van der Waals surface area contributed by atoms with Crippen molar-refractivity contribution in [3.8, 4) is 0 Å². The zero-order chi connectivity index (χ0) is 20.3. The van der Waals surface area contributed by atoms with E-state index in [-0.39, 0.29) is 27.7 Å². The van der Waals surface area contributed by atoms with Crippen LogP contribution in [0.3, 0.4) is 0 Å². The number of benzene rings is 2. The van der Waals surface area contributed by atoms with Gasteiger partial charge in [-0.3, -0.25) is 24.3 Å². The first-order chi connectivity index (χ1) is 13.4. The second kappa shape index (κ2) is 8.41. The first-order valence-electron chi connectivity index (χ1n) is 8.27. The molecule has 1 heterocycles. The van der Waals surface area contributed by atoms with Crippen molar-refractivity contribution in [1.29, 1.82) is 0 Å². The molecule has 0 aliphatic rings. The predicted molar refractivity (Wildman–Crippen MR) is 109 cm³/mol. The molecule has 0 spiro atoms. The second-order valence-corrected chi connectivity index (χ2v) is 7.07. The number of carbonyl (C=O) groups is 1. The van der Waals surface area contributed by atoms with Crippen molar-refractivity contribution in [3.63, 3.8) is 0 Å². The van der Waals surface area contributed by atoms with E-state index >= 15 is 0 Å². The number of thioether (sulfide) groups is 1. The number of nitrogens with one attached hydrogen (secondary N) is 1. The third-order valence-corrected chi connectivity index (χ3v) is 5.22. The molecule has 28 heavy (non-hydrogen) atoms. The van der Waals surface area contributed by atoms with Crippen LogP contribution in [0.2, 0.25) is 5.02 Å². The number of carbonyl (C=O) groups excluding carboxylic acids is 1. The summed E-state index contributed by atoms with van der Waals surface area (Å²) in [5.74, 6) is -0.457. The number of aromatic nitrogens is 2. The van der Waals surface area contributed by atoms with E-state index in [1.807, 2.05) is 6.92 Å². The molecule has 144 valence electrons. The molecule has 0 atom stereocenters. The quantitative estimate of drug-likeness (QED) is 0.283. The smallest absolute Gasteiger partial charge is 0.271 e. The summed E-state index contributed by atoms with van der Waals surface area (Å²) in [5.41, 5.74) is 0.365. The van der Waals surface area contributed by atoms with Crippen LogP contribution >= 0.6 is 23.4 Å². The molecule has 0 aliphatic carbocycles. The maximum atomic E-state index is 12.6. The summed E-state index contributed by atoms with van der Waals surface area (Å²) in [7, 11) is 0. The number of para-hydroxylation sites is 1. The van der Waals surface area contributed by atoms with Gasteiger partial charge in [0.05, 0.1) is 32.3 Å². The summed E-state index contributed by atoms with van der Waals surface area (Å²) in [6.07, 6.45) is 0. The highest BCUT2D eigenvalue weighted by atomic mass is 35.5. The zero-order valence-electron chi connectivity index (χ0n) is 14.7. The van der Waals surface area contributed by atoms with Crippen LogP contribution in [-0.4, -0.2) is 26.1 Å². The number of fused-ring (bicyclic) bond motifs is 1. The van der Waals surface area contributed by atoms with Crippen molar-refractivity contribution in [2.45, 2.75) is 18.6 Å². The molecule has 1 amide bonds. The van der Waals surface area contributed by atoms with Crippen molar-refractivity contribution in [3.05, 3.63) is 68.0 Å². The number of nitro benzene ring substituents is 1. The molecule has 0 saturated heterocycles. The first-order valence-corrected chi connectivity index (χ1v) is 9.63. The number of non-ortho nitro benzene ring substituents is 1. The van der Waals surface area contributed by atoms with Crippen LogP contribution in [0.4, 0.5) is 11.4 Å². The highest BCUT2D eigenvalue weighted by Gasteiger charge is 2.15. The molecule has 10 heteroatoms. The summed E-state index contributed by atoms with van der Waals surface area (Å²) in [6.45, 7) is 2.24. The molecule has 8 nitrogen and oxygen atoms in total. The van der Waals surface area contributed by atoms with E-state index < -0.39 is 10.8 Å². The van der Waals surface area contributed by atoms with E-state index in [1.54, 1.807) is 24.3 Å². The SMILES string of the molecule is CCn1c(SCC(=O)Nc2cc([N+](=O)[O-])ccc2Cl)nc2ccccc2c1=O. The molecule has 0 unspecified atom stereocenters. The lowest BCUT2D eigenvalue weighted by Crippen LogP contribution is -2.23. The summed E-state index contributed by atoms with van der Waals surface area (Å²) in [4.78, 5) is 39.7. The molecule has 2 aromatic carbocycles. The molecule has 0 saturated carbocycles. The average Bonchev–Trinajstić information content (AvgIpc) is 2.68. The highest BCUT2D eigenvalue weighted by Crippen LogP contribution is 2.27. The Morgan fingerprint density at radius 3 is 2.79 bits per heavy atom. The second-order valence-electron chi connectivity index (χ2n) is 5.72. The Kier molecular flexibility index (Phi) is 5.96. The Morgan fingerprint density at radius 1 is 1.32 bits per heavy atom. The maximum absolute atomic E-state index is 12.6. The Morgan fingerprint density at radius 2 is 2.07 bits per heavy atom. The lowest BCUT2D eigenvalue weighted by molar-refractivity contribution is -0.384. The predicted octanol–water partition coefficient (Wildman–Crippen LogP) is 3.71. The van der Waals surface area contributed by atoms with Crippen LogP contribution in [0.5, 0.6) is 0 Å². The Balaban J connectivity index is 1.79. The fourth-order valence-corrected chi connectivity index (χ4v) is 3.60. The van der Waals surface area contributed by atoms with Gasteiger partial charge in [-0.05, 0) is 25.1 Å². The molecule has 3 aromatic rings. The number of amides is 1. The van der Waals surface area contributed by atoms with Crippen LogP contribution in [0.25, 0.3) is 10.9 Å². The van der Waals surface area contributed by atoms with E-state index in [0.717, 1.165) is 11.8 Å². The van der Waals surface area contributed by atoms with Crippen molar-refractivity contribution in [2.75, 3.05) is 11.1 Å². The van der Waals surface area contributed by atoms with Crippen LogP contribution in [0, 0.1) is 10.1 Å². The summed E-state index contributed by atoms with van der Waals surface area (Å²) in [6, 6.07) is 10.8. The van der Waals surface area contributed by atoms with Crippen LogP contribution in [0.15, 0.2) is 52.4 Å². The van der Waals surface area contributed by atoms with Crippen LogP contribution in [-0.2, 0) is 11.3 Å². The summed E-state index contributed by atoms with van der Waals surface area (Å²) >= 11 is 7.10. The van der Waals surface area contributed by atoms with Crippen molar-refractivity contribution in [2.24, 2.45) is 0 Å². The van der Waals surface area contributed by atoms with Crippen molar-refractivity contribution >= 4 is 51.5 Å². The van der Waals surface area contributed by atoms with Gasteiger partial charge in [0, 0.05) is 18.7 Å². The van der Waals surface area contributed by atoms with E-state index in [1.165, 1.54) is 22.8 Å². The van der Waals surface area contributed by atoms with E-state index in [9.17, 15) is 19.7 Å². The van der Waals surface area contributed by atoms with Gasteiger partial charge in [0.15, 0.2) is 5.16 Å². The lowest BCUT2D eigenvalue weighted by Gasteiger charge is -2.11. The van der Waals surface area contributed by atoms with Gasteiger partial charge >= 0.3 is 0 Å². The fraction of sp³-hybridized carbons (Fsp3) is 0.167. The third kappa shape index (κ3) is 4.15. The largest absolute Gasteiger partial charge is 0.324 e. The van der Waals surface area contributed by atoms with E-state index in [4.69, 9.17) is 11.6 Å². The fourth-order valence-electron chi connectivity index (χ4n) is 2.58. The van der Waals surface area contributed by atoms with Gasteiger partial charge in [-0.25, -0.2) is 4.98 Å². The summed E-state index contributed by atoms with van der Waals surface area (Å²) < 4.78 is 1.50. The van der Waals surface area contributed by atoms with Gasteiger partial charge in [-0.2, -0.15) is 0 Å². The monoisotopic (exact) mass is 418 g/mol. The molecule has 0 radical (unpaired) electrons. The third-order valence-electron chi connectivity index (χ3n) is 3.91. The minimum absolute atomic E-state index is 0.0379. The molecule has 3 rings (SSSR count). The van der Waals surface area contributed by atoms with E-state index in [0.29, 0.717) is 22.6 Å². The van der Waals surface area contributed by atoms with Gasteiger partial charge in [-0.15, -0.1) is 0 Å². The Hall–Kier alpha value is -2.91. The molecular formula is C18H15ClN4O4S. The van der Waals surface area contributed by atoms with Crippen molar-refractivity contribution in [1.82, 2.24) is 9.55 Å². The number of hydrogen-bond donors (Lipinski definition) is 1. The van der Waals surface area contributed by atoms with E-state index in [2.05, 4.69) is 10.3 Å². The molecule has 0 bridgehead atoms. The van der Waals surface area contributed by atoms with Gasteiger partial charge < -0.3 is 5.32 Å². The van der Waals surface area contributed by atoms with Crippen LogP contribution < -0.4 is 10.9 Å². The Bertz CT molecular complexity index is 1130. The minimum atomic E-state index is -0.570. The number of nitrogens with zero attached hydrogens (tertiary/aromatic N) is 3. The standard InChI is InChI=1S/C18H15ClN4O4S/c1-2-22-17(25)12-5-3-4-6-14(12)21-18(22)28-10-16(24)20-15-9-11(23(26)27)7-8-13(15)19/h3-9H,2,10H2,1H3,(H,20,24). The van der Waals surface area contributed by atoms with Gasteiger partial charge in [0.25, 0.3) is 11.2 Å². The topological polar surface area (TPSA) is 107 Å². The molecule has 1 N–H and O–H groups in total. The maximum Gasteiger partial charge on any atom is 0.271 e.